The number of amides is 4. The van der Waals surface area contributed by atoms with Gasteiger partial charge in [-0.05, 0) is 43.4 Å². The van der Waals surface area contributed by atoms with Crippen molar-refractivity contribution in [2.75, 3.05) is 6.54 Å². The van der Waals surface area contributed by atoms with Crippen molar-refractivity contribution in [1.29, 1.82) is 0 Å². The van der Waals surface area contributed by atoms with E-state index in [-0.39, 0.29) is 30.3 Å². The van der Waals surface area contributed by atoms with Gasteiger partial charge < -0.3 is 10.6 Å². The first-order valence-corrected chi connectivity index (χ1v) is 9.40. The summed E-state index contributed by atoms with van der Waals surface area (Å²) in [5.41, 5.74) is 0.0644. The van der Waals surface area contributed by atoms with E-state index in [0.717, 1.165) is 29.7 Å². The highest BCUT2D eigenvalue weighted by Gasteiger charge is 2.55. The maximum Gasteiger partial charge on any atom is 0.325 e. The molecule has 1 saturated heterocycles. The summed E-state index contributed by atoms with van der Waals surface area (Å²) >= 11 is 5.87. The number of carbonyl (C=O) groups excluding carboxylic acids is 3. The van der Waals surface area contributed by atoms with Gasteiger partial charge in [0.05, 0.1) is 6.04 Å². The van der Waals surface area contributed by atoms with Crippen molar-refractivity contribution in [2.45, 2.75) is 51.1 Å². The van der Waals surface area contributed by atoms with Gasteiger partial charge in [-0.25, -0.2) is 4.79 Å². The largest absolute Gasteiger partial charge is 0.348 e. The van der Waals surface area contributed by atoms with E-state index in [1.54, 1.807) is 12.1 Å². The number of imide groups is 1. The van der Waals surface area contributed by atoms with Gasteiger partial charge in [-0.1, -0.05) is 43.5 Å². The Morgan fingerprint density at radius 3 is 2.69 bits per heavy atom. The van der Waals surface area contributed by atoms with Gasteiger partial charge in [0, 0.05) is 5.02 Å². The van der Waals surface area contributed by atoms with Gasteiger partial charge in [0.25, 0.3) is 5.91 Å². The highest BCUT2D eigenvalue weighted by molar-refractivity contribution is 6.30. The third kappa shape index (κ3) is 3.43. The number of urea groups is 1. The van der Waals surface area contributed by atoms with E-state index < -0.39 is 11.6 Å². The lowest BCUT2D eigenvalue weighted by molar-refractivity contribution is -0.137. The smallest absolute Gasteiger partial charge is 0.325 e. The molecule has 1 aromatic carbocycles. The predicted octanol–water partition coefficient (Wildman–Crippen LogP) is 3.02. The Balaban J connectivity index is 1.64. The summed E-state index contributed by atoms with van der Waals surface area (Å²) in [4.78, 5) is 38.6. The van der Waals surface area contributed by atoms with E-state index in [9.17, 15) is 14.4 Å². The van der Waals surface area contributed by atoms with Crippen LogP contribution in [0.15, 0.2) is 24.3 Å². The van der Waals surface area contributed by atoms with Crippen molar-refractivity contribution >= 4 is 29.4 Å². The molecule has 1 aliphatic carbocycles. The average molecular weight is 378 g/mol. The summed E-state index contributed by atoms with van der Waals surface area (Å²) in [5.74, 6) is -0.561. The number of benzene rings is 1. The number of rotatable bonds is 4. The molecule has 1 aromatic rings. The lowest BCUT2D eigenvalue weighted by atomic mass is 9.73. The molecule has 26 heavy (non-hydrogen) atoms. The molecule has 2 fully saturated rings. The van der Waals surface area contributed by atoms with Gasteiger partial charge in [0.1, 0.15) is 12.1 Å². The second-order valence-corrected chi connectivity index (χ2v) is 7.72. The van der Waals surface area contributed by atoms with E-state index >= 15 is 0 Å². The zero-order valence-electron chi connectivity index (χ0n) is 15.0. The zero-order valence-corrected chi connectivity index (χ0v) is 15.8. The summed E-state index contributed by atoms with van der Waals surface area (Å²) in [6, 6.07) is 6.46. The second kappa shape index (κ2) is 7.27. The predicted molar refractivity (Wildman–Crippen MR) is 98.6 cm³/mol. The van der Waals surface area contributed by atoms with Gasteiger partial charge in [-0.3, -0.25) is 14.5 Å². The molecule has 0 bridgehead atoms. The standard InChI is InChI=1S/C19H24ClN3O3/c1-12-5-3-4-10-19(12)17(25)23(18(26)22-19)11-16(24)21-13(2)14-6-8-15(20)9-7-14/h6-9,12-13H,3-5,10-11H2,1-2H3,(H,21,24)(H,22,26)/t12-,13-,19+/m0/s1. The maximum absolute atomic E-state index is 12.9. The third-order valence-electron chi connectivity index (χ3n) is 5.55. The lowest BCUT2D eigenvalue weighted by Gasteiger charge is -2.36. The van der Waals surface area contributed by atoms with Crippen LogP contribution in [0.25, 0.3) is 0 Å². The van der Waals surface area contributed by atoms with Crippen molar-refractivity contribution in [3.63, 3.8) is 0 Å². The van der Waals surface area contributed by atoms with Crippen LogP contribution < -0.4 is 10.6 Å². The second-order valence-electron chi connectivity index (χ2n) is 7.28. The molecular weight excluding hydrogens is 354 g/mol. The Hall–Kier alpha value is -2.08. The molecule has 2 aliphatic rings. The molecule has 3 atom stereocenters. The monoisotopic (exact) mass is 377 g/mol. The topological polar surface area (TPSA) is 78.5 Å². The molecule has 1 aliphatic heterocycles. The van der Waals surface area contributed by atoms with Gasteiger partial charge in [-0.15, -0.1) is 0 Å². The minimum Gasteiger partial charge on any atom is -0.348 e. The van der Waals surface area contributed by atoms with Crippen LogP contribution in [-0.4, -0.2) is 34.8 Å². The first-order chi connectivity index (χ1) is 12.3. The van der Waals surface area contributed by atoms with Crippen molar-refractivity contribution in [3.05, 3.63) is 34.9 Å². The van der Waals surface area contributed by atoms with Crippen LogP contribution in [-0.2, 0) is 9.59 Å². The average Bonchev–Trinajstić information content (AvgIpc) is 2.83. The summed E-state index contributed by atoms with van der Waals surface area (Å²) in [6.45, 7) is 3.57. The first-order valence-electron chi connectivity index (χ1n) is 9.02. The Morgan fingerprint density at radius 2 is 2.04 bits per heavy atom. The number of hydrogen-bond donors (Lipinski definition) is 2. The minimum absolute atomic E-state index is 0.0775. The summed E-state index contributed by atoms with van der Waals surface area (Å²) in [7, 11) is 0. The van der Waals surface area contributed by atoms with Crippen molar-refractivity contribution in [1.82, 2.24) is 15.5 Å². The van der Waals surface area contributed by atoms with Gasteiger partial charge >= 0.3 is 6.03 Å². The van der Waals surface area contributed by atoms with Gasteiger partial charge in [0.2, 0.25) is 5.91 Å². The Bertz CT molecular complexity index is 721. The molecule has 7 heteroatoms. The van der Waals surface area contributed by atoms with Gasteiger partial charge in [0.15, 0.2) is 0 Å². The van der Waals surface area contributed by atoms with Gasteiger partial charge in [-0.2, -0.15) is 0 Å². The number of carbonyl (C=O) groups is 3. The minimum atomic E-state index is -0.836. The molecule has 1 saturated carbocycles. The Labute approximate surface area is 158 Å². The molecule has 140 valence electrons. The van der Waals surface area contributed by atoms with Crippen LogP contribution in [0.2, 0.25) is 5.02 Å². The van der Waals surface area contributed by atoms with E-state index in [1.165, 1.54) is 0 Å². The molecule has 0 radical (unpaired) electrons. The molecular formula is C19H24ClN3O3. The maximum atomic E-state index is 12.9. The molecule has 2 N–H and O–H groups in total. The lowest BCUT2D eigenvalue weighted by Crippen LogP contribution is -2.54. The number of nitrogens with one attached hydrogen (secondary N) is 2. The fourth-order valence-corrected chi connectivity index (χ4v) is 4.03. The number of halogens is 1. The normalized spacial score (nSPS) is 26.7. The SMILES string of the molecule is C[C@H](NC(=O)CN1C(=O)N[C@@]2(CCCC[C@@H]2C)C1=O)c1ccc(Cl)cc1. The highest BCUT2D eigenvalue weighted by Crippen LogP contribution is 2.38. The van der Waals surface area contributed by atoms with Crippen LogP contribution in [0.4, 0.5) is 4.79 Å². The van der Waals surface area contributed by atoms with Crippen molar-refractivity contribution in [3.8, 4) is 0 Å². The molecule has 4 amide bonds. The fourth-order valence-electron chi connectivity index (χ4n) is 3.90. The summed E-state index contributed by atoms with van der Waals surface area (Å²) in [5, 5.41) is 6.31. The van der Waals surface area contributed by atoms with Crippen LogP contribution in [0.1, 0.15) is 51.1 Å². The highest BCUT2D eigenvalue weighted by atomic mass is 35.5. The fraction of sp³-hybridized carbons (Fsp3) is 0.526. The quantitative estimate of drug-likeness (QED) is 0.791. The van der Waals surface area contributed by atoms with Crippen molar-refractivity contribution < 1.29 is 14.4 Å². The van der Waals surface area contributed by atoms with E-state index in [0.29, 0.717) is 11.4 Å². The van der Waals surface area contributed by atoms with Crippen LogP contribution in [0.5, 0.6) is 0 Å². The summed E-state index contributed by atoms with van der Waals surface area (Å²) < 4.78 is 0. The molecule has 1 spiro atoms. The van der Waals surface area contributed by atoms with Crippen LogP contribution in [0, 0.1) is 5.92 Å². The summed E-state index contributed by atoms with van der Waals surface area (Å²) in [6.07, 6.45) is 3.51. The molecule has 3 rings (SSSR count). The molecule has 1 heterocycles. The first kappa shape index (κ1) is 18.7. The molecule has 0 aromatic heterocycles. The number of nitrogens with zero attached hydrogens (tertiary/aromatic N) is 1. The third-order valence-corrected chi connectivity index (χ3v) is 5.80. The Morgan fingerprint density at radius 1 is 1.35 bits per heavy atom. The Kier molecular flexibility index (Phi) is 5.23. The van der Waals surface area contributed by atoms with Crippen molar-refractivity contribution in [2.24, 2.45) is 5.92 Å². The van der Waals surface area contributed by atoms with E-state index in [1.807, 2.05) is 26.0 Å². The van der Waals surface area contributed by atoms with Crippen LogP contribution >= 0.6 is 11.6 Å². The molecule has 6 nitrogen and oxygen atoms in total. The van der Waals surface area contributed by atoms with Crippen LogP contribution in [0.3, 0.4) is 0 Å². The number of hydrogen-bond acceptors (Lipinski definition) is 3. The van der Waals surface area contributed by atoms with E-state index in [2.05, 4.69) is 10.6 Å². The molecule has 0 unspecified atom stereocenters. The zero-order chi connectivity index (χ0) is 18.9. The van der Waals surface area contributed by atoms with E-state index in [4.69, 9.17) is 11.6 Å².